The maximum atomic E-state index is 11.6. The van der Waals surface area contributed by atoms with E-state index in [9.17, 15) is 4.79 Å². The van der Waals surface area contributed by atoms with Gasteiger partial charge in [0.15, 0.2) is 0 Å². The third-order valence-electron chi connectivity index (χ3n) is 4.25. The number of ether oxygens (including phenoxy) is 1. The average Bonchev–Trinajstić information content (AvgIpc) is 2.52. The Labute approximate surface area is 162 Å². The van der Waals surface area contributed by atoms with Gasteiger partial charge in [0, 0.05) is 6.42 Å². The fourth-order valence-electron chi connectivity index (χ4n) is 2.72. The molecule has 23 heavy (non-hydrogen) atoms. The van der Waals surface area contributed by atoms with Crippen LogP contribution in [0.4, 0.5) is 0 Å². The molecule has 0 rings (SSSR count). The molecular formula is C20H44O2Sn. The summed E-state index contributed by atoms with van der Waals surface area (Å²) in [4.78, 5) is 11.6. The van der Waals surface area contributed by atoms with E-state index < -0.39 is 0 Å². The van der Waals surface area contributed by atoms with Gasteiger partial charge in [0.05, 0.1) is 6.61 Å². The second-order valence-corrected chi connectivity index (χ2v) is 6.57. The first-order valence-corrected chi connectivity index (χ1v) is 9.96. The van der Waals surface area contributed by atoms with Crippen LogP contribution in [0, 0.1) is 0 Å². The number of esters is 1. The Morgan fingerprint density at radius 1 is 0.609 bits per heavy atom. The first kappa shape index (κ1) is 25.5. The number of carbonyl (C=O) groups is 1. The van der Waals surface area contributed by atoms with E-state index in [2.05, 4.69) is 13.8 Å². The molecule has 3 heteroatoms. The number of carbonyl (C=O) groups excluding carboxylic acids is 1. The second kappa shape index (κ2) is 22.3. The molecule has 0 fully saturated rings. The van der Waals surface area contributed by atoms with Crippen LogP contribution >= 0.6 is 0 Å². The quantitative estimate of drug-likeness (QED) is 0.175. The summed E-state index contributed by atoms with van der Waals surface area (Å²) >= 11 is 0. The number of rotatable bonds is 17. The minimum atomic E-state index is 0. The minimum absolute atomic E-state index is 0. The van der Waals surface area contributed by atoms with E-state index in [0.29, 0.717) is 13.0 Å². The number of hydrogen-bond donors (Lipinski definition) is 0. The van der Waals surface area contributed by atoms with Crippen molar-refractivity contribution < 1.29 is 9.53 Å². The zero-order chi connectivity index (χ0) is 16.3. The van der Waals surface area contributed by atoms with Crippen molar-refractivity contribution in [1.82, 2.24) is 0 Å². The predicted molar refractivity (Wildman–Crippen MR) is 108 cm³/mol. The summed E-state index contributed by atoms with van der Waals surface area (Å²) in [5, 5.41) is 0. The summed E-state index contributed by atoms with van der Waals surface area (Å²) in [7, 11) is 0. The molecule has 0 saturated heterocycles. The van der Waals surface area contributed by atoms with Crippen LogP contribution in [-0.2, 0) is 9.53 Å². The Balaban J connectivity index is 0. The van der Waals surface area contributed by atoms with E-state index in [0.717, 1.165) is 12.8 Å². The molecule has 0 atom stereocenters. The van der Waals surface area contributed by atoms with Crippen molar-refractivity contribution in [3.63, 3.8) is 0 Å². The van der Waals surface area contributed by atoms with E-state index in [-0.39, 0.29) is 29.9 Å². The Morgan fingerprint density at radius 2 is 1.00 bits per heavy atom. The summed E-state index contributed by atoms with van der Waals surface area (Å²) in [6, 6.07) is 0. The van der Waals surface area contributed by atoms with Crippen LogP contribution in [0.25, 0.3) is 0 Å². The van der Waals surface area contributed by atoms with Gasteiger partial charge in [0.1, 0.15) is 0 Å². The van der Waals surface area contributed by atoms with Crippen molar-refractivity contribution in [3.8, 4) is 0 Å². The van der Waals surface area contributed by atoms with Gasteiger partial charge in [-0.1, -0.05) is 97.3 Å². The Hall–Kier alpha value is 0.269. The van der Waals surface area contributed by atoms with Gasteiger partial charge in [0.25, 0.3) is 0 Å². The molecule has 0 aliphatic rings. The van der Waals surface area contributed by atoms with Crippen LogP contribution in [0.1, 0.15) is 117 Å². The first-order valence-electron chi connectivity index (χ1n) is 9.96. The van der Waals surface area contributed by atoms with E-state index in [4.69, 9.17) is 4.74 Å². The summed E-state index contributed by atoms with van der Waals surface area (Å²) in [5.74, 6) is 0.0107. The SMILES string of the molecule is CCCCCCCCCCCC(=O)OCCCCCCCC.[SnH4]. The first-order chi connectivity index (χ1) is 10.8. The van der Waals surface area contributed by atoms with Crippen molar-refractivity contribution in [2.45, 2.75) is 117 Å². The van der Waals surface area contributed by atoms with Crippen LogP contribution in [0.2, 0.25) is 0 Å². The van der Waals surface area contributed by atoms with Crippen LogP contribution in [0.5, 0.6) is 0 Å². The summed E-state index contributed by atoms with van der Waals surface area (Å²) in [6.07, 6.45) is 19.7. The third-order valence-corrected chi connectivity index (χ3v) is 4.25. The topological polar surface area (TPSA) is 26.3 Å². The third kappa shape index (κ3) is 22.3. The van der Waals surface area contributed by atoms with Gasteiger partial charge in [-0.3, -0.25) is 4.79 Å². The Morgan fingerprint density at radius 3 is 1.48 bits per heavy atom. The van der Waals surface area contributed by atoms with Crippen molar-refractivity contribution in [2.24, 2.45) is 0 Å². The summed E-state index contributed by atoms with van der Waals surface area (Å²) in [6.45, 7) is 5.11. The van der Waals surface area contributed by atoms with Gasteiger partial charge in [-0.25, -0.2) is 0 Å². The van der Waals surface area contributed by atoms with Crippen molar-refractivity contribution in [3.05, 3.63) is 0 Å². The van der Waals surface area contributed by atoms with Crippen LogP contribution in [-0.4, -0.2) is 36.5 Å². The van der Waals surface area contributed by atoms with Gasteiger partial charge in [-0.05, 0) is 12.8 Å². The van der Waals surface area contributed by atoms with Gasteiger partial charge >= 0.3 is 29.9 Å². The van der Waals surface area contributed by atoms with Crippen molar-refractivity contribution >= 4 is 29.9 Å². The van der Waals surface area contributed by atoms with Gasteiger partial charge in [0.2, 0.25) is 0 Å². The molecule has 140 valence electrons. The fraction of sp³-hybridized carbons (Fsp3) is 0.950. The molecule has 0 aromatic heterocycles. The van der Waals surface area contributed by atoms with E-state index >= 15 is 0 Å². The van der Waals surface area contributed by atoms with Gasteiger partial charge < -0.3 is 4.74 Å². The molecule has 0 amide bonds. The predicted octanol–water partition coefficient (Wildman–Crippen LogP) is 5.36. The van der Waals surface area contributed by atoms with E-state index in [1.807, 2.05) is 0 Å². The molecule has 0 radical (unpaired) electrons. The Bertz CT molecular complexity index is 232. The molecule has 0 spiro atoms. The molecule has 2 nitrogen and oxygen atoms in total. The zero-order valence-corrected chi connectivity index (χ0v) is 15.3. The fourth-order valence-corrected chi connectivity index (χ4v) is 2.72. The molecule has 0 aliphatic heterocycles. The summed E-state index contributed by atoms with van der Waals surface area (Å²) < 4.78 is 5.28. The average molecular weight is 435 g/mol. The monoisotopic (exact) mass is 436 g/mol. The molecule has 0 aromatic rings. The normalized spacial score (nSPS) is 10.3. The molecule has 0 heterocycles. The van der Waals surface area contributed by atoms with Crippen molar-refractivity contribution in [2.75, 3.05) is 6.61 Å². The molecular weight excluding hydrogens is 391 g/mol. The molecule has 0 unspecified atom stereocenters. The second-order valence-electron chi connectivity index (χ2n) is 6.57. The summed E-state index contributed by atoms with van der Waals surface area (Å²) in [5.41, 5.74) is 0. The van der Waals surface area contributed by atoms with E-state index in [1.165, 1.54) is 83.5 Å². The number of hydrogen-bond acceptors (Lipinski definition) is 2. The van der Waals surface area contributed by atoms with Gasteiger partial charge in [-0.2, -0.15) is 0 Å². The van der Waals surface area contributed by atoms with Crippen LogP contribution in [0.15, 0.2) is 0 Å². The van der Waals surface area contributed by atoms with E-state index in [1.54, 1.807) is 0 Å². The molecule has 0 aromatic carbocycles. The molecule has 0 saturated carbocycles. The standard InChI is InChI=1S/C20H40O2.Sn.4H/c1-3-5-7-9-11-12-13-14-16-18-20(21)22-19-17-15-10-8-6-4-2;;;;;/h3-19H2,1-2H3;;;;;. The van der Waals surface area contributed by atoms with Crippen LogP contribution in [0.3, 0.4) is 0 Å². The molecule has 0 N–H and O–H groups in total. The van der Waals surface area contributed by atoms with Crippen LogP contribution < -0.4 is 0 Å². The zero-order valence-electron chi connectivity index (χ0n) is 15.3. The van der Waals surface area contributed by atoms with Crippen molar-refractivity contribution in [1.29, 1.82) is 0 Å². The number of unbranched alkanes of at least 4 members (excludes halogenated alkanes) is 13. The molecule has 0 aliphatic carbocycles. The Kier molecular flexibility index (Phi) is 24.7. The van der Waals surface area contributed by atoms with Gasteiger partial charge in [-0.15, -0.1) is 0 Å². The molecule has 0 bridgehead atoms. The maximum absolute atomic E-state index is 11.6.